The molecule has 16 heavy (non-hydrogen) atoms. The summed E-state index contributed by atoms with van der Waals surface area (Å²) in [5.74, 6) is 0.991. The Bertz CT molecular complexity index is 426. The van der Waals surface area contributed by atoms with Crippen LogP contribution in [0.4, 0.5) is 0 Å². The second-order valence-corrected chi connectivity index (χ2v) is 3.49. The molecule has 1 aliphatic heterocycles. The number of nitrogens with two attached hydrogens (primary N) is 1. The Kier molecular flexibility index (Phi) is 3.10. The number of fused-ring (bicyclic) bond motifs is 1. The molecule has 0 atom stereocenters. The van der Waals surface area contributed by atoms with Crippen molar-refractivity contribution in [3.8, 4) is 11.5 Å². The third kappa shape index (κ3) is 2.53. The molecule has 4 nitrogen and oxygen atoms in total. The molecule has 1 amide bonds. The molecule has 0 saturated carbocycles. The van der Waals surface area contributed by atoms with Gasteiger partial charge in [-0.2, -0.15) is 0 Å². The Morgan fingerprint density at radius 3 is 2.75 bits per heavy atom. The van der Waals surface area contributed by atoms with Crippen molar-refractivity contribution < 1.29 is 14.3 Å². The number of ether oxygens (including phenoxy) is 2. The highest BCUT2D eigenvalue weighted by Gasteiger charge is 2.09. The van der Waals surface area contributed by atoms with Gasteiger partial charge in [-0.1, -0.05) is 6.07 Å². The number of benzene rings is 1. The first-order valence-corrected chi connectivity index (χ1v) is 5.13. The van der Waals surface area contributed by atoms with E-state index in [9.17, 15) is 4.79 Å². The van der Waals surface area contributed by atoms with Crippen molar-refractivity contribution in [1.82, 2.24) is 0 Å². The third-order valence-electron chi connectivity index (χ3n) is 2.21. The van der Waals surface area contributed by atoms with Gasteiger partial charge in [-0.25, -0.2) is 0 Å². The first-order valence-electron chi connectivity index (χ1n) is 5.13. The van der Waals surface area contributed by atoms with Crippen molar-refractivity contribution in [2.75, 3.05) is 13.2 Å². The van der Waals surface area contributed by atoms with Crippen LogP contribution in [-0.4, -0.2) is 19.1 Å². The number of hydrogen-bond donors (Lipinski definition) is 1. The van der Waals surface area contributed by atoms with Crippen molar-refractivity contribution in [2.24, 2.45) is 5.73 Å². The van der Waals surface area contributed by atoms with Crippen LogP contribution in [0, 0.1) is 0 Å². The average Bonchev–Trinajstić information content (AvgIpc) is 2.50. The van der Waals surface area contributed by atoms with E-state index in [0.717, 1.165) is 17.7 Å². The fraction of sp³-hybridized carbons (Fsp3) is 0.250. The summed E-state index contributed by atoms with van der Waals surface area (Å²) in [4.78, 5) is 10.6. The molecule has 4 heteroatoms. The molecule has 0 spiro atoms. The van der Waals surface area contributed by atoms with E-state index in [2.05, 4.69) is 0 Å². The van der Waals surface area contributed by atoms with E-state index in [0.29, 0.717) is 19.0 Å². The zero-order valence-electron chi connectivity index (χ0n) is 8.81. The van der Waals surface area contributed by atoms with E-state index >= 15 is 0 Å². The van der Waals surface area contributed by atoms with Gasteiger partial charge in [0.15, 0.2) is 11.5 Å². The Labute approximate surface area is 93.7 Å². The molecular weight excluding hydrogens is 206 g/mol. The number of rotatable bonds is 2. The molecule has 0 radical (unpaired) electrons. The van der Waals surface area contributed by atoms with E-state index in [1.807, 2.05) is 18.2 Å². The second-order valence-electron chi connectivity index (χ2n) is 3.49. The summed E-state index contributed by atoms with van der Waals surface area (Å²) >= 11 is 0. The highest BCUT2D eigenvalue weighted by molar-refractivity contribution is 5.90. The molecule has 0 saturated heterocycles. The van der Waals surface area contributed by atoms with Gasteiger partial charge in [0, 0.05) is 12.5 Å². The predicted octanol–water partition coefficient (Wildman–Crippen LogP) is 1.35. The zero-order valence-corrected chi connectivity index (χ0v) is 8.81. The van der Waals surface area contributed by atoms with Crippen LogP contribution in [0.25, 0.3) is 6.08 Å². The topological polar surface area (TPSA) is 61.6 Å². The normalized spacial score (nSPS) is 14.8. The van der Waals surface area contributed by atoms with E-state index in [1.54, 1.807) is 6.08 Å². The molecule has 0 bridgehead atoms. The molecular formula is C12H13NO3. The molecule has 1 aliphatic rings. The van der Waals surface area contributed by atoms with Crippen molar-refractivity contribution in [2.45, 2.75) is 6.42 Å². The van der Waals surface area contributed by atoms with Crippen LogP contribution in [0.5, 0.6) is 11.5 Å². The second kappa shape index (κ2) is 4.70. The van der Waals surface area contributed by atoms with Crippen LogP contribution in [0.2, 0.25) is 0 Å². The maximum Gasteiger partial charge on any atom is 0.241 e. The summed E-state index contributed by atoms with van der Waals surface area (Å²) in [6, 6.07) is 5.52. The lowest BCUT2D eigenvalue weighted by Crippen LogP contribution is -2.05. The number of hydrogen-bond acceptors (Lipinski definition) is 3. The summed E-state index contributed by atoms with van der Waals surface area (Å²) in [6.45, 7) is 1.32. The Morgan fingerprint density at radius 2 is 2.00 bits per heavy atom. The smallest absolute Gasteiger partial charge is 0.241 e. The first-order chi connectivity index (χ1) is 7.75. The maximum atomic E-state index is 10.6. The molecule has 2 N–H and O–H groups in total. The van der Waals surface area contributed by atoms with Crippen LogP contribution in [0.1, 0.15) is 12.0 Å². The summed E-state index contributed by atoms with van der Waals surface area (Å²) in [6.07, 6.45) is 3.84. The Hall–Kier alpha value is -1.97. The lowest BCUT2D eigenvalue weighted by Gasteiger charge is -2.07. The van der Waals surface area contributed by atoms with E-state index in [1.165, 1.54) is 6.08 Å². The summed E-state index contributed by atoms with van der Waals surface area (Å²) in [7, 11) is 0. The molecule has 1 heterocycles. The minimum Gasteiger partial charge on any atom is -0.490 e. The van der Waals surface area contributed by atoms with Gasteiger partial charge in [0.25, 0.3) is 0 Å². The van der Waals surface area contributed by atoms with Gasteiger partial charge in [0.05, 0.1) is 13.2 Å². The quantitative estimate of drug-likeness (QED) is 0.763. The average molecular weight is 219 g/mol. The summed E-state index contributed by atoms with van der Waals surface area (Å²) in [5, 5.41) is 0. The minimum absolute atomic E-state index is 0.466. The van der Waals surface area contributed by atoms with E-state index < -0.39 is 5.91 Å². The lowest BCUT2D eigenvalue weighted by atomic mass is 10.2. The molecule has 84 valence electrons. The number of carbonyl (C=O) groups is 1. The summed E-state index contributed by atoms with van der Waals surface area (Å²) in [5.41, 5.74) is 5.89. The SMILES string of the molecule is NC(=O)C=Cc1ccc2c(c1)OCCCO2. The monoisotopic (exact) mass is 219 g/mol. The highest BCUT2D eigenvalue weighted by Crippen LogP contribution is 2.30. The predicted molar refractivity (Wildman–Crippen MR) is 60.3 cm³/mol. The van der Waals surface area contributed by atoms with Gasteiger partial charge < -0.3 is 15.2 Å². The van der Waals surface area contributed by atoms with Crippen LogP contribution >= 0.6 is 0 Å². The molecule has 0 fully saturated rings. The van der Waals surface area contributed by atoms with Crippen molar-refractivity contribution in [3.63, 3.8) is 0 Å². The van der Waals surface area contributed by atoms with Gasteiger partial charge in [-0.15, -0.1) is 0 Å². The molecule has 0 aromatic heterocycles. The van der Waals surface area contributed by atoms with Gasteiger partial charge in [0.1, 0.15) is 0 Å². The van der Waals surface area contributed by atoms with Crippen LogP contribution in [-0.2, 0) is 4.79 Å². The van der Waals surface area contributed by atoms with Crippen molar-refractivity contribution in [3.05, 3.63) is 29.8 Å². The molecule has 0 unspecified atom stereocenters. The van der Waals surface area contributed by atoms with Crippen LogP contribution in [0.3, 0.4) is 0 Å². The van der Waals surface area contributed by atoms with Crippen LogP contribution in [0.15, 0.2) is 24.3 Å². The standard InChI is InChI=1S/C12H13NO3/c13-12(14)5-3-9-2-4-10-11(8-9)16-7-1-6-15-10/h2-5,8H,1,6-7H2,(H2,13,14). The third-order valence-corrected chi connectivity index (χ3v) is 2.21. The number of carbonyl (C=O) groups excluding carboxylic acids is 1. The first kappa shape index (κ1) is 10.5. The minimum atomic E-state index is -0.466. The van der Waals surface area contributed by atoms with Gasteiger partial charge in [0.2, 0.25) is 5.91 Å². The number of amides is 1. The maximum absolute atomic E-state index is 10.6. The largest absolute Gasteiger partial charge is 0.490 e. The fourth-order valence-electron chi connectivity index (χ4n) is 1.46. The molecule has 1 aromatic carbocycles. The molecule has 2 rings (SSSR count). The highest BCUT2D eigenvalue weighted by atomic mass is 16.5. The Morgan fingerprint density at radius 1 is 1.25 bits per heavy atom. The zero-order chi connectivity index (χ0) is 11.4. The fourth-order valence-corrected chi connectivity index (χ4v) is 1.46. The molecule has 0 aliphatic carbocycles. The molecule has 1 aromatic rings. The lowest BCUT2D eigenvalue weighted by molar-refractivity contribution is -0.113. The van der Waals surface area contributed by atoms with E-state index in [4.69, 9.17) is 15.2 Å². The summed E-state index contributed by atoms with van der Waals surface area (Å²) < 4.78 is 11.0. The van der Waals surface area contributed by atoms with Gasteiger partial charge in [-0.05, 0) is 23.8 Å². The van der Waals surface area contributed by atoms with Gasteiger partial charge >= 0.3 is 0 Å². The van der Waals surface area contributed by atoms with Crippen molar-refractivity contribution >= 4 is 12.0 Å². The Balaban J connectivity index is 2.24. The van der Waals surface area contributed by atoms with E-state index in [-0.39, 0.29) is 0 Å². The van der Waals surface area contributed by atoms with Crippen molar-refractivity contribution in [1.29, 1.82) is 0 Å². The van der Waals surface area contributed by atoms with Crippen LogP contribution < -0.4 is 15.2 Å². The number of primary amides is 1. The van der Waals surface area contributed by atoms with Gasteiger partial charge in [-0.3, -0.25) is 4.79 Å².